The Morgan fingerprint density at radius 1 is 1.37 bits per heavy atom. The van der Waals surface area contributed by atoms with Crippen molar-refractivity contribution in [3.05, 3.63) is 73.9 Å². The van der Waals surface area contributed by atoms with Gasteiger partial charge in [-0.1, -0.05) is 36.4 Å². The van der Waals surface area contributed by atoms with Crippen molar-refractivity contribution in [1.82, 2.24) is 19.1 Å². The van der Waals surface area contributed by atoms with E-state index in [0.29, 0.717) is 12.5 Å². The summed E-state index contributed by atoms with van der Waals surface area (Å²) in [5, 5.41) is 4.15. The first-order chi connectivity index (χ1) is 13.0. The molecule has 2 heterocycles. The summed E-state index contributed by atoms with van der Waals surface area (Å²) in [6, 6.07) is 9.78. The molecule has 9 heteroatoms. The first-order valence-corrected chi connectivity index (χ1v) is 8.82. The van der Waals surface area contributed by atoms with Crippen LogP contribution in [0.1, 0.15) is 5.56 Å². The van der Waals surface area contributed by atoms with E-state index >= 15 is 0 Å². The highest BCUT2D eigenvalue weighted by Gasteiger charge is 2.16. The van der Waals surface area contributed by atoms with Crippen molar-refractivity contribution in [3.8, 4) is 0 Å². The molecule has 8 nitrogen and oxygen atoms in total. The molecule has 3 aromatic rings. The summed E-state index contributed by atoms with van der Waals surface area (Å²) in [7, 11) is 1.54. The van der Waals surface area contributed by atoms with Gasteiger partial charge in [0.2, 0.25) is 5.95 Å². The van der Waals surface area contributed by atoms with E-state index in [9.17, 15) is 9.59 Å². The number of nitrogens with zero attached hydrogens (tertiary/aromatic N) is 4. The van der Waals surface area contributed by atoms with Crippen molar-refractivity contribution in [2.75, 3.05) is 5.43 Å². The molecular weight excluding hydrogens is 412 g/mol. The molecule has 0 saturated carbocycles. The summed E-state index contributed by atoms with van der Waals surface area (Å²) < 4.78 is 3.63. The number of aromatic amines is 1. The summed E-state index contributed by atoms with van der Waals surface area (Å²) in [4.78, 5) is 30.6. The Bertz CT molecular complexity index is 1150. The van der Waals surface area contributed by atoms with Crippen LogP contribution in [0.25, 0.3) is 17.2 Å². The van der Waals surface area contributed by atoms with E-state index in [1.807, 2.05) is 36.4 Å². The van der Waals surface area contributed by atoms with Gasteiger partial charge < -0.3 is 0 Å². The van der Waals surface area contributed by atoms with Gasteiger partial charge in [0.05, 0.1) is 6.21 Å². The number of imidazole rings is 1. The van der Waals surface area contributed by atoms with Gasteiger partial charge >= 0.3 is 5.69 Å². The molecule has 0 atom stereocenters. The van der Waals surface area contributed by atoms with Crippen LogP contribution in [0.15, 0.2) is 62.2 Å². The fourth-order valence-electron chi connectivity index (χ4n) is 2.52. The SMILES string of the molecule is C=CCn1c(N/N=C/C(Br)=C/c2ccccc2)nc2c1c(=O)[nH]c(=O)n2C. The average Bonchev–Trinajstić information content (AvgIpc) is 3.00. The number of aryl methyl sites for hydroxylation is 1. The third-order valence-corrected chi connectivity index (χ3v) is 4.21. The predicted octanol–water partition coefficient (Wildman–Crippen LogP) is 2.44. The molecule has 0 saturated heterocycles. The Labute approximate surface area is 162 Å². The highest BCUT2D eigenvalue weighted by molar-refractivity contribution is 9.12. The van der Waals surface area contributed by atoms with Crippen molar-refractivity contribution in [3.63, 3.8) is 0 Å². The van der Waals surface area contributed by atoms with Gasteiger partial charge in [-0.05, 0) is 27.6 Å². The lowest BCUT2D eigenvalue weighted by molar-refractivity contribution is 0.819. The van der Waals surface area contributed by atoms with E-state index < -0.39 is 11.2 Å². The number of aromatic nitrogens is 4. The molecule has 2 N–H and O–H groups in total. The van der Waals surface area contributed by atoms with E-state index in [4.69, 9.17) is 0 Å². The van der Waals surface area contributed by atoms with Crippen LogP contribution in [0.2, 0.25) is 0 Å². The topological polar surface area (TPSA) is 97.1 Å². The standard InChI is InChI=1S/C18H17BrN6O2/c1-3-9-25-14-15(24(2)18(27)22-16(14)26)21-17(25)23-20-11-13(19)10-12-7-5-4-6-8-12/h3-8,10-11H,1,9H2,2H3,(H,21,23)(H,22,26,27)/b13-10-,20-11+. The van der Waals surface area contributed by atoms with Gasteiger partial charge in [0.25, 0.3) is 5.56 Å². The van der Waals surface area contributed by atoms with Crippen molar-refractivity contribution in [2.24, 2.45) is 12.1 Å². The molecule has 0 aliphatic carbocycles. The van der Waals surface area contributed by atoms with Gasteiger partial charge in [0.15, 0.2) is 11.2 Å². The smallest absolute Gasteiger partial charge is 0.299 e. The number of rotatable bonds is 6. The number of allylic oxidation sites excluding steroid dienone is 2. The molecule has 3 rings (SSSR count). The van der Waals surface area contributed by atoms with Crippen molar-refractivity contribution in [1.29, 1.82) is 0 Å². The van der Waals surface area contributed by atoms with E-state index in [1.54, 1.807) is 16.9 Å². The number of H-pyrrole nitrogens is 1. The summed E-state index contributed by atoms with van der Waals surface area (Å²) in [6.45, 7) is 4.03. The van der Waals surface area contributed by atoms with Crippen molar-refractivity contribution >= 4 is 45.3 Å². The molecule has 1 aromatic carbocycles. The second kappa shape index (κ2) is 8.00. The fraction of sp³-hybridized carbons (Fsp3) is 0.111. The number of halogens is 1. The number of hydrogen-bond acceptors (Lipinski definition) is 5. The molecule has 0 radical (unpaired) electrons. The van der Waals surface area contributed by atoms with Crippen LogP contribution in [0.4, 0.5) is 5.95 Å². The molecule has 0 aliphatic heterocycles. The minimum Gasteiger partial charge on any atom is -0.299 e. The van der Waals surface area contributed by atoms with E-state index in [-0.39, 0.29) is 11.2 Å². The first-order valence-electron chi connectivity index (χ1n) is 8.03. The molecule has 27 heavy (non-hydrogen) atoms. The van der Waals surface area contributed by atoms with Crippen LogP contribution in [0.5, 0.6) is 0 Å². The predicted molar refractivity (Wildman–Crippen MR) is 111 cm³/mol. The molecular formula is C18H17BrN6O2. The van der Waals surface area contributed by atoms with Gasteiger partial charge in [0, 0.05) is 18.1 Å². The third-order valence-electron chi connectivity index (χ3n) is 3.78. The van der Waals surface area contributed by atoms with Crippen LogP contribution in [0, 0.1) is 0 Å². The van der Waals surface area contributed by atoms with Gasteiger partial charge in [0.1, 0.15) is 0 Å². The molecule has 0 amide bonds. The Morgan fingerprint density at radius 2 is 2.11 bits per heavy atom. The Kier molecular flexibility index (Phi) is 5.51. The first kappa shape index (κ1) is 18.6. The largest absolute Gasteiger partial charge is 0.329 e. The van der Waals surface area contributed by atoms with Gasteiger partial charge in [-0.25, -0.2) is 10.2 Å². The number of hydrazone groups is 1. The van der Waals surface area contributed by atoms with E-state index in [2.05, 4.69) is 43.0 Å². The number of nitrogens with one attached hydrogen (secondary N) is 2. The molecule has 138 valence electrons. The average molecular weight is 429 g/mol. The quantitative estimate of drug-likeness (QED) is 0.357. The molecule has 0 spiro atoms. The summed E-state index contributed by atoms with van der Waals surface area (Å²) in [5.41, 5.74) is 3.34. The molecule has 0 bridgehead atoms. The minimum absolute atomic E-state index is 0.266. The molecule has 0 fully saturated rings. The van der Waals surface area contributed by atoms with E-state index in [1.165, 1.54) is 11.6 Å². The maximum atomic E-state index is 12.2. The summed E-state index contributed by atoms with van der Waals surface area (Å²) >= 11 is 3.43. The molecule has 0 unspecified atom stereocenters. The van der Waals surface area contributed by atoms with Crippen molar-refractivity contribution < 1.29 is 0 Å². The van der Waals surface area contributed by atoms with Crippen LogP contribution in [0.3, 0.4) is 0 Å². The Morgan fingerprint density at radius 3 is 2.81 bits per heavy atom. The fourth-order valence-corrected chi connectivity index (χ4v) is 2.89. The Hall–Kier alpha value is -3.20. The number of hydrogen-bond donors (Lipinski definition) is 2. The zero-order valence-electron chi connectivity index (χ0n) is 14.5. The monoisotopic (exact) mass is 428 g/mol. The maximum absolute atomic E-state index is 12.2. The van der Waals surface area contributed by atoms with Crippen LogP contribution < -0.4 is 16.7 Å². The zero-order chi connectivity index (χ0) is 19.4. The normalized spacial score (nSPS) is 12.0. The maximum Gasteiger partial charge on any atom is 0.329 e. The summed E-state index contributed by atoms with van der Waals surface area (Å²) in [5.74, 6) is 0.327. The number of anilines is 1. The lowest BCUT2D eigenvalue weighted by Gasteiger charge is -2.04. The highest BCUT2D eigenvalue weighted by atomic mass is 79.9. The second-order valence-electron chi connectivity index (χ2n) is 5.64. The lowest BCUT2D eigenvalue weighted by Crippen LogP contribution is -2.29. The Balaban J connectivity index is 1.94. The van der Waals surface area contributed by atoms with Crippen LogP contribution in [-0.2, 0) is 13.6 Å². The van der Waals surface area contributed by atoms with Crippen molar-refractivity contribution in [2.45, 2.75) is 6.54 Å². The van der Waals surface area contributed by atoms with Crippen LogP contribution >= 0.6 is 15.9 Å². The molecule has 0 aliphatic rings. The minimum atomic E-state index is -0.528. The zero-order valence-corrected chi connectivity index (χ0v) is 16.1. The second-order valence-corrected chi connectivity index (χ2v) is 6.55. The van der Waals surface area contributed by atoms with Crippen LogP contribution in [-0.4, -0.2) is 25.3 Å². The lowest BCUT2D eigenvalue weighted by atomic mass is 10.2. The van der Waals surface area contributed by atoms with Gasteiger partial charge in [-0.2, -0.15) is 10.1 Å². The number of fused-ring (bicyclic) bond motifs is 1. The van der Waals surface area contributed by atoms with E-state index in [0.717, 1.165) is 10.0 Å². The molecule has 2 aromatic heterocycles. The van der Waals surface area contributed by atoms with Gasteiger partial charge in [-0.15, -0.1) is 6.58 Å². The third kappa shape index (κ3) is 3.98. The summed E-state index contributed by atoms with van der Waals surface area (Å²) in [6.07, 6.45) is 5.12. The number of benzene rings is 1. The highest BCUT2D eigenvalue weighted by Crippen LogP contribution is 2.16. The van der Waals surface area contributed by atoms with Gasteiger partial charge in [-0.3, -0.25) is 18.9 Å².